The van der Waals surface area contributed by atoms with Gasteiger partial charge in [0.25, 0.3) is 0 Å². The zero-order chi connectivity index (χ0) is 14.7. The number of pyridine rings is 1. The van der Waals surface area contributed by atoms with E-state index in [1.807, 2.05) is 12.4 Å². The first-order chi connectivity index (χ1) is 10.3. The van der Waals surface area contributed by atoms with Crippen LogP contribution in [0, 0.1) is 0 Å². The van der Waals surface area contributed by atoms with E-state index in [4.69, 9.17) is 0 Å². The van der Waals surface area contributed by atoms with Crippen molar-refractivity contribution in [1.29, 1.82) is 0 Å². The molecular formula is C16H25N5. The number of hydrogen-bond acceptors (Lipinski definition) is 4. The van der Waals surface area contributed by atoms with Crippen LogP contribution < -0.4 is 5.32 Å². The van der Waals surface area contributed by atoms with Crippen molar-refractivity contribution in [3.05, 3.63) is 24.0 Å². The summed E-state index contributed by atoms with van der Waals surface area (Å²) in [7, 11) is 0. The Kier molecular flexibility index (Phi) is 4.51. The lowest BCUT2D eigenvalue weighted by atomic mass is 10.1. The van der Waals surface area contributed by atoms with Crippen molar-refractivity contribution in [2.75, 3.05) is 26.2 Å². The minimum atomic E-state index is 0.498. The Balaban J connectivity index is 1.77. The number of nitrogens with one attached hydrogen (secondary N) is 1. The van der Waals surface area contributed by atoms with Crippen molar-refractivity contribution in [1.82, 2.24) is 25.0 Å². The number of fused-ring (bicyclic) bond motifs is 1. The van der Waals surface area contributed by atoms with Gasteiger partial charge in [-0.2, -0.15) is 5.10 Å². The van der Waals surface area contributed by atoms with E-state index in [-0.39, 0.29) is 0 Å². The molecule has 5 heteroatoms. The summed E-state index contributed by atoms with van der Waals surface area (Å²) in [4.78, 5) is 7.16. The van der Waals surface area contributed by atoms with Crippen molar-refractivity contribution in [3.63, 3.8) is 0 Å². The summed E-state index contributed by atoms with van der Waals surface area (Å²) < 4.78 is 2.14. The van der Waals surface area contributed by atoms with Crippen molar-refractivity contribution in [2.24, 2.45) is 0 Å². The number of aromatic nitrogens is 3. The van der Waals surface area contributed by atoms with E-state index in [0.29, 0.717) is 6.04 Å². The maximum atomic E-state index is 4.66. The van der Waals surface area contributed by atoms with Crippen molar-refractivity contribution in [3.8, 4) is 0 Å². The van der Waals surface area contributed by atoms with E-state index < -0.39 is 0 Å². The third-order valence-electron chi connectivity index (χ3n) is 4.42. The molecule has 1 saturated heterocycles. The highest BCUT2D eigenvalue weighted by atomic mass is 15.3. The first kappa shape index (κ1) is 14.5. The summed E-state index contributed by atoms with van der Waals surface area (Å²) in [5.41, 5.74) is 2.26. The lowest BCUT2D eigenvalue weighted by Crippen LogP contribution is -2.34. The minimum absolute atomic E-state index is 0.498. The Hall–Kier alpha value is -1.46. The number of hydrogen-bond donors (Lipinski definition) is 1. The predicted octanol–water partition coefficient (Wildman–Crippen LogP) is 2.20. The highest BCUT2D eigenvalue weighted by Crippen LogP contribution is 2.25. The third kappa shape index (κ3) is 3.09. The first-order valence-corrected chi connectivity index (χ1v) is 8.07. The molecule has 2 aromatic rings. The van der Waals surface area contributed by atoms with Crippen LogP contribution in [-0.2, 0) is 6.54 Å². The quantitative estimate of drug-likeness (QED) is 0.916. The molecule has 114 valence electrons. The number of rotatable bonds is 5. The average Bonchev–Trinajstić information content (AvgIpc) is 2.96. The Bertz CT molecular complexity index is 583. The van der Waals surface area contributed by atoms with Gasteiger partial charge in [-0.05, 0) is 37.6 Å². The van der Waals surface area contributed by atoms with Gasteiger partial charge in [0.1, 0.15) is 0 Å². The second kappa shape index (κ2) is 6.54. The maximum absolute atomic E-state index is 4.66. The molecule has 3 heterocycles. The summed E-state index contributed by atoms with van der Waals surface area (Å²) in [5, 5.41) is 9.10. The van der Waals surface area contributed by atoms with Gasteiger partial charge in [0.15, 0.2) is 5.65 Å². The molecule has 0 unspecified atom stereocenters. The molecule has 0 bridgehead atoms. The fraction of sp³-hybridized carbons (Fsp3) is 0.625. The van der Waals surface area contributed by atoms with Crippen LogP contribution in [0.25, 0.3) is 11.0 Å². The maximum Gasteiger partial charge on any atom is 0.157 e. The average molecular weight is 287 g/mol. The molecule has 0 aromatic carbocycles. The molecule has 0 saturated carbocycles. The Labute approximate surface area is 126 Å². The summed E-state index contributed by atoms with van der Waals surface area (Å²) in [6.45, 7) is 9.69. The summed E-state index contributed by atoms with van der Waals surface area (Å²) >= 11 is 0. The first-order valence-electron chi connectivity index (χ1n) is 8.07. The van der Waals surface area contributed by atoms with Gasteiger partial charge >= 0.3 is 0 Å². The number of likely N-dealkylation sites (tertiary alicyclic amines) is 1. The molecule has 1 aliphatic heterocycles. The molecular weight excluding hydrogens is 262 g/mol. The standard InChI is InChI=1S/C16H25N5/c1-3-17-10-13-9-14-12-19-21(16(14)18-11-13)15-5-7-20(4-2)8-6-15/h9,11-12,15,17H,3-8,10H2,1-2H3. The highest BCUT2D eigenvalue weighted by Gasteiger charge is 2.21. The molecule has 1 fully saturated rings. The van der Waals surface area contributed by atoms with Gasteiger partial charge in [-0.25, -0.2) is 9.67 Å². The van der Waals surface area contributed by atoms with Crippen molar-refractivity contribution < 1.29 is 0 Å². The van der Waals surface area contributed by atoms with E-state index in [1.54, 1.807) is 0 Å². The summed E-state index contributed by atoms with van der Waals surface area (Å²) in [6.07, 6.45) is 6.28. The van der Waals surface area contributed by atoms with Gasteiger partial charge in [-0.1, -0.05) is 13.8 Å². The van der Waals surface area contributed by atoms with Gasteiger partial charge < -0.3 is 10.2 Å². The zero-order valence-electron chi connectivity index (χ0n) is 13.0. The SMILES string of the molecule is CCNCc1cnc2c(cnn2C2CCN(CC)CC2)c1. The summed E-state index contributed by atoms with van der Waals surface area (Å²) in [5.74, 6) is 0. The zero-order valence-corrected chi connectivity index (χ0v) is 13.0. The molecule has 3 rings (SSSR count). The second-order valence-electron chi connectivity index (χ2n) is 5.79. The monoisotopic (exact) mass is 287 g/mol. The van der Waals surface area contributed by atoms with E-state index in [1.165, 1.54) is 31.5 Å². The van der Waals surface area contributed by atoms with Gasteiger partial charge in [0.05, 0.1) is 12.2 Å². The highest BCUT2D eigenvalue weighted by molar-refractivity contribution is 5.75. The molecule has 21 heavy (non-hydrogen) atoms. The topological polar surface area (TPSA) is 46.0 Å². The van der Waals surface area contributed by atoms with E-state index in [2.05, 4.69) is 44.9 Å². The molecule has 2 aromatic heterocycles. The number of piperidine rings is 1. The summed E-state index contributed by atoms with van der Waals surface area (Å²) in [6, 6.07) is 2.70. The lowest BCUT2D eigenvalue weighted by molar-refractivity contribution is 0.189. The van der Waals surface area contributed by atoms with Crippen LogP contribution in [-0.4, -0.2) is 45.8 Å². The molecule has 0 aliphatic carbocycles. The van der Waals surface area contributed by atoms with Crippen LogP contribution in [0.5, 0.6) is 0 Å². The predicted molar refractivity (Wildman–Crippen MR) is 85.3 cm³/mol. The third-order valence-corrected chi connectivity index (χ3v) is 4.42. The van der Waals surface area contributed by atoms with Gasteiger partial charge in [0.2, 0.25) is 0 Å². The fourth-order valence-electron chi connectivity index (χ4n) is 3.10. The fourth-order valence-corrected chi connectivity index (χ4v) is 3.10. The van der Waals surface area contributed by atoms with Crippen LogP contribution in [0.4, 0.5) is 0 Å². The van der Waals surface area contributed by atoms with Gasteiger partial charge in [-0.15, -0.1) is 0 Å². The largest absolute Gasteiger partial charge is 0.313 e. The van der Waals surface area contributed by atoms with Crippen molar-refractivity contribution >= 4 is 11.0 Å². The smallest absolute Gasteiger partial charge is 0.157 e. The van der Waals surface area contributed by atoms with Crippen LogP contribution in [0.3, 0.4) is 0 Å². The second-order valence-corrected chi connectivity index (χ2v) is 5.79. The van der Waals surface area contributed by atoms with E-state index >= 15 is 0 Å². The Morgan fingerprint density at radius 1 is 1.24 bits per heavy atom. The number of nitrogens with zero attached hydrogens (tertiary/aromatic N) is 4. The Morgan fingerprint density at radius 2 is 2.05 bits per heavy atom. The van der Waals surface area contributed by atoms with Gasteiger partial charge in [-0.3, -0.25) is 0 Å². The van der Waals surface area contributed by atoms with Crippen LogP contribution in [0.1, 0.15) is 38.3 Å². The van der Waals surface area contributed by atoms with Crippen molar-refractivity contribution in [2.45, 2.75) is 39.3 Å². The normalized spacial score (nSPS) is 17.6. The molecule has 1 N–H and O–H groups in total. The molecule has 1 aliphatic rings. The molecule has 0 amide bonds. The van der Waals surface area contributed by atoms with Crippen LogP contribution >= 0.6 is 0 Å². The van der Waals surface area contributed by atoms with E-state index in [9.17, 15) is 0 Å². The molecule has 0 spiro atoms. The van der Waals surface area contributed by atoms with Crippen LogP contribution in [0.2, 0.25) is 0 Å². The molecule has 5 nitrogen and oxygen atoms in total. The molecule has 0 radical (unpaired) electrons. The Morgan fingerprint density at radius 3 is 2.76 bits per heavy atom. The van der Waals surface area contributed by atoms with E-state index in [0.717, 1.165) is 30.7 Å². The lowest BCUT2D eigenvalue weighted by Gasteiger charge is -2.31. The van der Waals surface area contributed by atoms with Gasteiger partial charge in [0, 0.05) is 31.2 Å². The molecule has 0 atom stereocenters. The minimum Gasteiger partial charge on any atom is -0.313 e. The van der Waals surface area contributed by atoms with Crippen LogP contribution in [0.15, 0.2) is 18.5 Å².